The number of rotatable bonds is 5. The maximum Gasteiger partial charge on any atom is 0.355 e. The van der Waals surface area contributed by atoms with Crippen LogP contribution >= 0.6 is 11.6 Å². The highest BCUT2D eigenvalue weighted by molar-refractivity contribution is 6.33. The SMILES string of the molecule is C=CC(=O)N1CCN(c2nc(=O)n(-c3ccccc3C(C)C)c3nc(C4=CC=CC4)c(Cl)cc23)[C@@H](C)C1. The van der Waals surface area contributed by atoms with E-state index in [9.17, 15) is 9.59 Å². The minimum Gasteiger partial charge on any atom is -0.350 e. The number of anilines is 1. The number of nitrogens with zero attached hydrogens (tertiary/aromatic N) is 5. The van der Waals surface area contributed by atoms with E-state index in [4.69, 9.17) is 16.6 Å². The number of pyridine rings is 1. The lowest BCUT2D eigenvalue weighted by molar-refractivity contribution is -0.126. The lowest BCUT2D eigenvalue weighted by Gasteiger charge is -2.40. The maximum atomic E-state index is 13.8. The van der Waals surface area contributed by atoms with Crippen LogP contribution in [0.3, 0.4) is 0 Å². The second kappa shape index (κ2) is 9.98. The molecule has 37 heavy (non-hydrogen) atoms. The highest BCUT2D eigenvalue weighted by Gasteiger charge is 2.30. The van der Waals surface area contributed by atoms with Crippen molar-refractivity contribution in [3.63, 3.8) is 0 Å². The van der Waals surface area contributed by atoms with Gasteiger partial charge in [-0.25, -0.2) is 14.3 Å². The van der Waals surface area contributed by atoms with Gasteiger partial charge in [0.15, 0.2) is 5.65 Å². The van der Waals surface area contributed by atoms with Crippen LogP contribution in [0.1, 0.15) is 44.4 Å². The van der Waals surface area contributed by atoms with Gasteiger partial charge in [-0.2, -0.15) is 4.98 Å². The molecule has 1 aliphatic carbocycles. The molecule has 1 atom stereocenters. The van der Waals surface area contributed by atoms with Gasteiger partial charge >= 0.3 is 5.69 Å². The second-order valence-electron chi connectivity index (χ2n) is 9.81. The Morgan fingerprint density at radius 2 is 2.00 bits per heavy atom. The number of aromatic nitrogens is 3. The van der Waals surface area contributed by atoms with Crippen LogP contribution in [0, 0.1) is 0 Å². The Morgan fingerprint density at radius 3 is 2.68 bits per heavy atom. The molecule has 0 unspecified atom stereocenters. The van der Waals surface area contributed by atoms with Crippen molar-refractivity contribution < 1.29 is 4.79 Å². The summed E-state index contributed by atoms with van der Waals surface area (Å²) < 4.78 is 1.61. The molecule has 1 saturated heterocycles. The molecule has 0 spiro atoms. The predicted molar refractivity (Wildman–Crippen MR) is 150 cm³/mol. The topological polar surface area (TPSA) is 71.3 Å². The Labute approximate surface area is 221 Å². The van der Waals surface area contributed by atoms with Crippen LogP contribution in [-0.4, -0.2) is 51.0 Å². The number of carbonyl (C=O) groups is 1. The van der Waals surface area contributed by atoms with Crippen molar-refractivity contribution in [2.24, 2.45) is 0 Å². The molecule has 0 N–H and O–H groups in total. The minimum absolute atomic E-state index is 0.0632. The number of fused-ring (bicyclic) bond motifs is 1. The van der Waals surface area contributed by atoms with Gasteiger partial charge < -0.3 is 9.80 Å². The van der Waals surface area contributed by atoms with E-state index in [1.807, 2.05) is 49.4 Å². The summed E-state index contributed by atoms with van der Waals surface area (Å²) in [6.07, 6.45) is 8.12. The Morgan fingerprint density at radius 1 is 1.22 bits per heavy atom. The van der Waals surface area contributed by atoms with Crippen LogP contribution in [0.4, 0.5) is 5.82 Å². The smallest absolute Gasteiger partial charge is 0.350 e. The maximum absolute atomic E-state index is 13.8. The van der Waals surface area contributed by atoms with E-state index in [0.29, 0.717) is 47.2 Å². The van der Waals surface area contributed by atoms with Crippen molar-refractivity contribution >= 4 is 39.9 Å². The summed E-state index contributed by atoms with van der Waals surface area (Å²) in [7, 11) is 0. The summed E-state index contributed by atoms with van der Waals surface area (Å²) in [6, 6.07) is 9.68. The quantitative estimate of drug-likeness (QED) is 0.441. The number of carbonyl (C=O) groups excluding carboxylic acids is 1. The number of hydrogen-bond donors (Lipinski definition) is 0. The Bertz CT molecular complexity index is 1520. The molecule has 3 aromatic rings. The average molecular weight is 516 g/mol. The van der Waals surface area contributed by atoms with E-state index in [1.54, 1.807) is 9.47 Å². The van der Waals surface area contributed by atoms with E-state index in [1.165, 1.54) is 6.08 Å². The van der Waals surface area contributed by atoms with Crippen molar-refractivity contribution in [3.05, 3.63) is 88.0 Å². The normalized spacial score (nSPS) is 17.5. The van der Waals surface area contributed by atoms with Gasteiger partial charge in [0.05, 0.1) is 21.8 Å². The van der Waals surface area contributed by atoms with Crippen molar-refractivity contribution in [2.45, 2.75) is 39.2 Å². The van der Waals surface area contributed by atoms with Crippen LogP contribution in [-0.2, 0) is 4.79 Å². The molecule has 2 aromatic heterocycles. The number of piperazine rings is 1. The monoisotopic (exact) mass is 515 g/mol. The second-order valence-corrected chi connectivity index (χ2v) is 10.2. The molecular formula is C29H30ClN5O2. The van der Waals surface area contributed by atoms with Gasteiger partial charge in [-0.1, -0.05) is 68.5 Å². The number of benzene rings is 1. The van der Waals surface area contributed by atoms with Crippen molar-refractivity contribution in [3.8, 4) is 5.69 Å². The lowest BCUT2D eigenvalue weighted by atomic mass is 10.0. The number of allylic oxidation sites excluding steroid dienone is 4. The zero-order chi connectivity index (χ0) is 26.3. The average Bonchev–Trinajstić information content (AvgIpc) is 3.42. The fourth-order valence-electron chi connectivity index (χ4n) is 5.17. The molecule has 1 aliphatic heterocycles. The summed E-state index contributed by atoms with van der Waals surface area (Å²) in [5.41, 5.74) is 3.59. The highest BCUT2D eigenvalue weighted by Crippen LogP contribution is 2.35. The first-order valence-corrected chi connectivity index (χ1v) is 12.9. The zero-order valence-electron chi connectivity index (χ0n) is 21.3. The molecule has 7 nitrogen and oxygen atoms in total. The van der Waals surface area contributed by atoms with E-state index >= 15 is 0 Å². The van der Waals surface area contributed by atoms with E-state index < -0.39 is 5.69 Å². The first-order chi connectivity index (χ1) is 17.8. The van der Waals surface area contributed by atoms with Crippen LogP contribution < -0.4 is 10.6 Å². The van der Waals surface area contributed by atoms with Gasteiger partial charge in [-0.3, -0.25) is 4.79 Å². The molecule has 8 heteroatoms. The van der Waals surface area contributed by atoms with E-state index in [-0.39, 0.29) is 17.9 Å². The molecule has 1 amide bonds. The summed E-state index contributed by atoms with van der Waals surface area (Å²) in [6.45, 7) is 11.4. The fraction of sp³-hybridized carbons (Fsp3) is 0.310. The molecule has 2 aliphatic rings. The first kappa shape index (κ1) is 25.0. The summed E-state index contributed by atoms with van der Waals surface area (Å²) in [5, 5.41) is 1.22. The minimum atomic E-state index is -0.397. The van der Waals surface area contributed by atoms with E-state index in [0.717, 1.165) is 23.2 Å². The third-order valence-corrected chi connectivity index (χ3v) is 7.35. The standard InChI is InChI=1S/C29H30ClN5O2/c1-5-25(36)33-14-15-34(19(4)17-33)27-22-16-23(30)26(20-10-6-7-11-20)31-28(22)35(29(37)32-27)24-13-9-8-12-21(24)18(2)3/h5-10,12-13,16,18-19H,1,11,14-15,17H2,2-4H3/t19-/m0/s1. The molecule has 0 bridgehead atoms. The Kier molecular flexibility index (Phi) is 6.73. The van der Waals surface area contributed by atoms with Gasteiger partial charge in [-0.15, -0.1) is 0 Å². The predicted octanol–water partition coefficient (Wildman–Crippen LogP) is 5.12. The van der Waals surface area contributed by atoms with Gasteiger partial charge in [0, 0.05) is 25.7 Å². The summed E-state index contributed by atoms with van der Waals surface area (Å²) in [5.74, 6) is 0.635. The van der Waals surface area contributed by atoms with Gasteiger partial charge in [0.1, 0.15) is 5.82 Å². The zero-order valence-corrected chi connectivity index (χ0v) is 22.1. The number of para-hydroxylation sites is 1. The first-order valence-electron chi connectivity index (χ1n) is 12.6. The van der Waals surface area contributed by atoms with Crippen LogP contribution in [0.15, 0.2) is 66.0 Å². The third kappa shape index (κ3) is 4.48. The molecule has 3 heterocycles. The Balaban J connectivity index is 1.74. The molecule has 1 fully saturated rings. The van der Waals surface area contributed by atoms with Crippen LogP contribution in [0.2, 0.25) is 5.02 Å². The van der Waals surface area contributed by atoms with E-state index in [2.05, 4.69) is 36.4 Å². The van der Waals surface area contributed by atoms with Crippen molar-refractivity contribution in [1.29, 1.82) is 0 Å². The molecule has 1 aromatic carbocycles. The lowest BCUT2D eigenvalue weighted by Crippen LogP contribution is -2.54. The summed E-state index contributed by atoms with van der Waals surface area (Å²) >= 11 is 6.81. The van der Waals surface area contributed by atoms with Crippen LogP contribution in [0.5, 0.6) is 0 Å². The van der Waals surface area contributed by atoms with Crippen molar-refractivity contribution in [2.75, 3.05) is 24.5 Å². The third-order valence-electron chi connectivity index (χ3n) is 7.06. The fourth-order valence-corrected chi connectivity index (χ4v) is 5.44. The van der Waals surface area contributed by atoms with Gasteiger partial charge in [0.25, 0.3) is 0 Å². The molecule has 0 radical (unpaired) electrons. The molecule has 5 rings (SSSR count). The molecule has 0 saturated carbocycles. The molecule has 190 valence electrons. The van der Waals surface area contributed by atoms with Gasteiger partial charge in [-0.05, 0) is 48.6 Å². The summed E-state index contributed by atoms with van der Waals surface area (Å²) in [4.78, 5) is 39.4. The highest BCUT2D eigenvalue weighted by atomic mass is 35.5. The van der Waals surface area contributed by atoms with Crippen LogP contribution in [0.25, 0.3) is 22.3 Å². The largest absolute Gasteiger partial charge is 0.355 e. The number of halogens is 1. The number of hydrogen-bond acceptors (Lipinski definition) is 5. The van der Waals surface area contributed by atoms with Gasteiger partial charge in [0.2, 0.25) is 5.91 Å². The molecular weight excluding hydrogens is 486 g/mol. The Hall–Kier alpha value is -3.71. The number of amides is 1. The van der Waals surface area contributed by atoms with Crippen molar-refractivity contribution in [1.82, 2.24) is 19.4 Å².